The number of pyridine rings is 1. The van der Waals surface area contributed by atoms with Crippen molar-refractivity contribution in [1.29, 1.82) is 0 Å². The van der Waals surface area contributed by atoms with E-state index < -0.39 is 5.97 Å². The third-order valence-corrected chi connectivity index (χ3v) is 1.99. The summed E-state index contributed by atoms with van der Waals surface area (Å²) < 4.78 is 0.636. The van der Waals surface area contributed by atoms with E-state index in [2.05, 4.69) is 27.5 Å². The maximum absolute atomic E-state index is 10.5. The Labute approximate surface area is 77.9 Å². The van der Waals surface area contributed by atoms with Gasteiger partial charge < -0.3 is 5.11 Å². The smallest absolute Gasteiger partial charge is 0.335 e. The number of aromatic nitrogens is 1. The maximum Gasteiger partial charge on any atom is 0.335 e. The average molecular weight is 228 g/mol. The summed E-state index contributed by atoms with van der Waals surface area (Å²) in [5, 5.41) is 8.62. The lowest BCUT2D eigenvalue weighted by Gasteiger charge is -2.01. The lowest BCUT2D eigenvalue weighted by molar-refractivity contribution is -0.130. The molecule has 1 N–H and O–H groups in total. The van der Waals surface area contributed by atoms with Gasteiger partial charge in [-0.3, -0.25) is 4.98 Å². The fourth-order valence-electron chi connectivity index (χ4n) is 0.735. The molecule has 0 radical (unpaired) electrons. The summed E-state index contributed by atoms with van der Waals surface area (Å²) in [5.74, 6) is -1.03. The molecule has 0 aliphatic rings. The van der Waals surface area contributed by atoms with Gasteiger partial charge in [-0.25, -0.2) is 4.79 Å². The largest absolute Gasteiger partial charge is 0.478 e. The zero-order valence-electron chi connectivity index (χ0n) is 6.12. The van der Waals surface area contributed by atoms with Crippen molar-refractivity contribution >= 4 is 27.5 Å². The first-order chi connectivity index (χ1) is 5.63. The van der Waals surface area contributed by atoms with Crippen molar-refractivity contribution in [3.63, 3.8) is 0 Å². The molecule has 0 spiro atoms. The maximum atomic E-state index is 10.5. The van der Waals surface area contributed by atoms with E-state index in [1.807, 2.05) is 0 Å². The van der Waals surface area contributed by atoms with Crippen LogP contribution in [0.4, 0.5) is 0 Å². The molecule has 0 fully saturated rings. The molecule has 1 rings (SSSR count). The Hall–Kier alpha value is -1.16. The number of aliphatic carboxylic acids is 1. The molecule has 0 atom stereocenters. The highest BCUT2D eigenvalue weighted by atomic mass is 79.9. The van der Waals surface area contributed by atoms with E-state index >= 15 is 0 Å². The second-order valence-corrected chi connectivity index (χ2v) is 2.99. The number of hydrogen-bond donors (Lipinski definition) is 1. The van der Waals surface area contributed by atoms with E-state index in [0.29, 0.717) is 10.0 Å². The minimum atomic E-state index is -1.03. The molecule has 1 aromatic heterocycles. The molecular formula is C8H6BrNO2. The highest BCUT2D eigenvalue weighted by Crippen LogP contribution is 2.21. The summed E-state index contributed by atoms with van der Waals surface area (Å²) in [7, 11) is 0. The van der Waals surface area contributed by atoms with Crippen molar-refractivity contribution in [2.45, 2.75) is 0 Å². The van der Waals surface area contributed by atoms with Gasteiger partial charge in [-0.1, -0.05) is 6.58 Å². The molecular weight excluding hydrogens is 222 g/mol. The van der Waals surface area contributed by atoms with Crippen molar-refractivity contribution in [1.82, 2.24) is 4.98 Å². The van der Waals surface area contributed by atoms with E-state index in [1.165, 1.54) is 12.4 Å². The van der Waals surface area contributed by atoms with Crippen molar-refractivity contribution in [3.05, 3.63) is 35.1 Å². The van der Waals surface area contributed by atoms with Crippen LogP contribution >= 0.6 is 15.9 Å². The van der Waals surface area contributed by atoms with Gasteiger partial charge in [0.25, 0.3) is 0 Å². The van der Waals surface area contributed by atoms with Crippen LogP contribution < -0.4 is 0 Å². The van der Waals surface area contributed by atoms with Crippen LogP contribution in [-0.2, 0) is 4.79 Å². The monoisotopic (exact) mass is 227 g/mol. The van der Waals surface area contributed by atoms with Crippen molar-refractivity contribution in [3.8, 4) is 0 Å². The van der Waals surface area contributed by atoms with Crippen LogP contribution in [0.15, 0.2) is 29.5 Å². The predicted octanol–water partition coefficient (Wildman–Crippen LogP) is 1.94. The first-order valence-electron chi connectivity index (χ1n) is 3.15. The van der Waals surface area contributed by atoms with E-state index in [4.69, 9.17) is 5.11 Å². The first-order valence-corrected chi connectivity index (χ1v) is 3.94. The van der Waals surface area contributed by atoms with E-state index in [0.717, 1.165) is 0 Å². The van der Waals surface area contributed by atoms with Gasteiger partial charge in [0.1, 0.15) is 0 Å². The second-order valence-electron chi connectivity index (χ2n) is 2.14. The molecule has 0 aliphatic heterocycles. The molecule has 0 saturated carbocycles. The molecule has 0 bridgehead atoms. The molecule has 0 unspecified atom stereocenters. The van der Waals surface area contributed by atoms with Crippen LogP contribution in [0.3, 0.4) is 0 Å². The fourth-order valence-corrected chi connectivity index (χ4v) is 1.22. The first kappa shape index (κ1) is 8.93. The van der Waals surface area contributed by atoms with Gasteiger partial charge in [0.15, 0.2) is 0 Å². The third-order valence-electron chi connectivity index (χ3n) is 1.36. The molecule has 0 aliphatic carbocycles. The summed E-state index contributed by atoms with van der Waals surface area (Å²) in [6.45, 7) is 3.43. The Morgan fingerprint density at radius 1 is 1.67 bits per heavy atom. The molecule has 0 amide bonds. The second kappa shape index (κ2) is 3.49. The lowest BCUT2D eigenvalue weighted by atomic mass is 10.1. The van der Waals surface area contributed by atoms with Gasteiger partial charge in [0.05, 0.1) is 5.57 Å². The minimum absolute atomic E-state index is 0.0595. The van der Waals surface area contributed by atoms with Gasteiger partial charge >= 0.3 is 5.97 Å². The zero-order chi connectivity index (χ0) is 9.14. The number of carboxylic acids is 1. The summed E-state index contributed by atoms with van der Waals surface area (Å²) in [6, 6.07) is 1.60. The summed E-state index contributed by atoms with van der Waals surface area (Å²) >= 11 is 3.18. The number of rotatable bonds is 2. The van der Waals surface area contributed by atoms with Gasteiger partial charge in [0.2, 0.25) is 0 Å². The highest BCUT2D eigenvalue weighted by molar-refractivity contribution is 9.10. The zero-order valence-corrected chi connectivity index (χ0v) is 7.71. The number of carboxylic acid groups (broad SMARTS) is 1. The van der Waals surface area contributed by atoms with Gasteiger partial charge in [0, 0.05) is 22.4 Å². The third kappa shape index (κ3) is 1.71. The van der Waals surface area contributed by atoms with E-state index in [1.54, 1.807) is 6.07 Å². The molecule has 12 heavy (non-hydrogen) atoms. The van der Waals surface area contributed by atoms with Crippen LogP contribution in [0.25, 0.3) is 5.57 Å². The SMILES string of the molecule is C=C(C(=O)O)c1ccncc1Br. The van der Waals surface area contributed by atoms with Crippen molar-refractivity contribution in [2.75, 3.05) is 0 Å². The van der Waals surface area contributed by atoms with Crippen LogP contribution in [-0.4, -0.2) is 16.1 Å². The van der Waals surface area contributed by atoms with Crippen LogP contribution in [0, 0.1) is 0 Å². The predicted molar refractivity (Wildman–Crippen MR) is 48.6 cm³/mol. The Morgan fingerprint density at radius 2 is 2.33 bits per heavy atom. The Bertz CT molecular complexity index is 336. The molecule has 3 nitrogen and oxygen atoms in total. The topological polar surface area (TPSA) is 50.2 Å². The van der Waals surface area contributed by atoms with Gasteiger partial charge in [-0.15, -0.1) is 0 Å². The molecule has 0 saturated heterocycles. The fraction of sp³-hybridized carbons (Fsp3) is 0. The standard InChI is InChI=1S/C8H6BrNO2/c1-5(8(11)12)6-2-3-10-4-7(6)9/h2-4H,1H2,(H,11,12). The summed E-state index contributed by atoms with van der Waals surface area (Å²) in [6.07, 6.45) is 3.05. The number of nitrogens with zero attached hydrogens (tertiary/aromatic N) is 1. The van der Waals surface area contributed by atoms with E-state index in [9.17, 15) is 4.79 Å². The number of hydrogen-bond acceptors (Lipinski definition) is 2. The quantitative estimate of drug-likeness (QED) is 0.787. The van der Waals surface area contributed by atoms with Crippen LogP contribution in [0.2, 0.25) is 0 Å². The molecule has 4 heteroatoms. The molecule has 1 heterocycles. The van der Waals surface area contributed by atoms with Crippen molar-refractivity contribution in [2.24, 2.45) is 0 Å². The van der Waals surface area contributed by atoms with Crippen molar-refractivity contribution < 1.29 is 9.90 Å². The Kier molecular flexibility index (Phi) is 2.60. The minimum Gasteiger partial charge on any atom is -0.478 e. The molecule has 0 aromatic carbocycles. The van der Waals surface area contributed by atoms with Crippen LogP contribution in [0.5, 0.6) is 0 Å². The number of halogens is 1. The molecule has 1 aromatic rings. The number of carbonyl (C=O) groups is 1. The van der Waals surface area contributed by atoms with Crippen LogP contribution in [0.1, 0.15) is 5.56 Å². The van der Waals surface area contributed by atoms with E-state index in [-0.39, 0.29) is 5.57 Å². The lowest BCUT2D eigenvalue weighted by Crippen LogP contribution is -1.98. The summed E-state index contributed by atoms with van der Waals surface area (Å²) in [4.78, 5) is 14.3. The molecule has 62 valence electrons. The average Bonchev–Trinajstić information content (AvgIpc) is 2.04. The normalized spacial score (nSPS) is 9.42. The van der Waals surface area contributed by atoms with Gasteiger partial charge in [-0.05, 0) is 22.0 Å². The highest BCUT2D eigenvalue weighted by Gasteiger charge is 2.09. The van der Waals surface area contributed by atoms with Gasteiger partial charge in [-0.2, -0.15) is 0 Å². The Morgan fingerprint density at radius 3 is 2.83 bits per heavy atom. The summed E-state index contributed by atoms with van der Waals surface area (Å²) in [5.41, 5.74) is 0.613. The Balaban J connectivity index is 3.11.